The van der Waals surface area contributed by atoms with Gasteiger partial charge in [0.1, 0.15) is 5.82 Å². The van der Waals surface area contributed by atoms with Crippen molar-refractivity contribution in [3.05, 3.63) is 53.5 Å². The van der Waals surface area contributed by atoms with Crippen molar-refractivity contribution in [1.29, 1.82) is 0 Å². The van der Waals surface area contributed by atoms with Gasteiger partial charge in [-0.1, -0.05) is 31.5 Å². The molecule has 4 heteroatoms. The number of aryl methyl sites for hydroxylation is 3. The maximum atomic E-state index is 4.65. The first-order valence-corrected chi connectivity index (χ1v) is 7.36. The second kappa shape index (κ2) is 5.56. The first kappa shape index (κ1) is 13.6. The Hall–Kier alpha value is -2.36. The molecule has 21 heavy (non-hydrogen) atoms. The van der Waals surface area contributed by atoms with Crippen LogP contribution in [0.5, 0.6) is 0 Å². The van der Waals surface area contributed by atoms with Gasteiger partial charge in [0.25, 0.3) is 0 Å². The number of nitrogens with one attached hydrogen (secondary N) is 1. The maximum absolute atomic E-state index is 4.65. The number of fused-ring (bicyclic) bond motifs is 1. The third-order valence-corrected chi connectivity index (χ3v) is 3.69. The Morgan fingerprint density at radius 2 is 1.90 bits per heavy atom. The second-order valence-corrected chi connectivity index (χ2v) is 5.34. The lowest BCUT2D eigenvalue weighted by Gasteiger charge is -2.13. The SMILES string of the molecule is CCCc1nc2ncccn2c1Nc1c(C)cccc1C. The molecule has 4 nitrogen and oxygen atoms in total. The van der Waals surface area contributed by atoms with Crippen molar-refractivity contribution in [1.82, 2.24) is 14.4 Å². The number of para-hydroxylation sites is 1. The van der Waals surface area contributed by atoms with Crippen LogP contribution in [0.1, 0.15) is 30.2 Å². The van der Waals surface area contributed by atoms with Gasteiger partial charge in [-0.05, 0) is 37.5 Å². The third kappa shape index (κ3) is 2.49. The van der Waals surface area contributed by atoms with Crippen molar-refractivity contribution in [2.24, 2.45) is 0 Å². The van der Waals surface area contributed by atoms with E-state index in [0.29, 0.717) is 0 Å². The van der Waals surface area contributed by atoms with Gasteiger partial charge < -0.3 is 5.32 Å². The Bertz CT molecular complexity index is 753. The predicted molar refractivity (Wildman–Crippen MR) is 86.2 cm³/mol. The summed E-state index contributed by atoms with van der Waals surface area (Å²) >= 11 is 0. The number of benzene rings is 1. The molecule has 0 bridgehead atoms. The number of anilines is 2. The van der Waals surface area contributed by atoms with E-state index in [1.165, 1.54) is 11.1 Å². The van der Waals surface area contributed by atoms with Crippen LogP contribution in [0.4, 0.5) is 11.5 Å². The van der Waals surface area contributed by atoms with Crippen LogP contribution in [0.2, 0.25) is 0 Å². The zero-order chi connectivity index (χ0) is 14.8. The third-order valence-electron chi connectivity index (χ3n) is 3.69. The van der Waals surface area contributed by atoms with E-state index >= 15 is 0 Å². The van der Waals surface area contributed by atoms with Crippen LogP contribution in [-0.4, -0.2) is 14.4 Å². The Balaban J connectivity index is 2.12. The minimum atomic E-state index is 0.745. The fraction of sp³-hybridized carbons (Fsp3) is 0.294. The van der Waals surface area contributed by atoms with Gasteiger partial charge in [-0.3, -0.25) is 4.40 Å². The number of hydrogen-bond donors (Lipinski definition) is 1. The van der Waals surface area contributed by atoms with Crippen molar-refractivity contribution >= 4 is 17.3 Å². The van der Waals surface area contributed by atoms with E-state index in [-0.39, 0.29) is 0 Å². The highest BCUT2D eigenvalue weighted by molar-refractivity contribution is 5.68. The quantitative estimate of drug-likeness (QED) is 0.784. The van der Waals surface area contributed by atoms with E-state index in [0.717, 1.165) is 35.8 Å². The molecule has 2 aromatic heterocycles. The zero-order valence-electron chi connectivity index (χ0n) is 12.7. The van der Waals surface area contributed by atoms with Gasteiger partial charge in [-0.15, -0.1) is 0 Å². The Morgan fingerprint density at radius 1 is 1.14 bits per heavy atom. The summed E-state index contributed by atoms with van der Waals surface area (Å²) in [6.07, 6.45) is 5.78. The highest BCUT2D eigenvalue weighted by atomic mass is 15.2. The minimum absolute atomic E-state index is 0.745. The molecule has 0 aliphatic rings. The molecule has 0 radical (unpaired) electrons. The molecule has 0 fully saturated rings. The van der Waals surface area contributed by atoms with Gasteiger partial charge >= 0.3 is 0 Å². The molecule has 0 aliphatic carbocycles. The van der Waals surface area contributed by atoms with Gasteiger partial charge in [0.15, 0.2) is 0 Å². The molecular weight excluding hydrogens is 260 g/mol. The molecule has 1 aromatic carbocycles. The number of aromatic nitrogens is 3. The monoisotopic (exact) mass is 280 g/mol. The lowest BCUT2D eigenvalue weighted by molar-refractivity contribution is 0.895. The molecule has 0 amide bonds. The molecule has 108 valence electrons. The fourth-order valence-electron chi connectivity index (χ4n) is 2.61. The van der Waals surface area contributed by atoms with Gasteiger partial charge in [0.05, 0.1) is 5.69 Å². The zero-order valence-corrected chi connectivity index (χ0v) is 12.7. The lowest BCUT2D eigenvalue weighted by Crippen LogP contribution is -2.02. The van der Waals surface area contributed by atoms with Gasteiger partial charge in [0.2, 0.25) is 5.78 Å². The van der Waals surface area contributed by atoms with Crippen molar-refractivity contribution < 1.29 is 0 Å². The summed E-state index contributed by atoms with van der Waals surface area (Å²) in [6.45, 7) is 6.41. The molecule has 2 heterocycles. The highest BCUT2D eigenvalue weighted by Gasteiger charge is 2.13. The lowest BCUT2D eigenvalue weighted by atomic mass is 10.1. The number of nitrogens with zero attached hydrogens (tertiary/aromatic N) is 3. The Labute approximate surface area is 124 Å². The van der Waals surface area contributed by atoms with E-state index in [4.69, 9.17) is 0 Å². The summed E-state index contributed by atoms with van der Waals surface area (Å²) in [6, 6.07) is 8.26. The average molecular weight is 280 g/mol. The van der Waals surface area contributed by atoms with E-state index in [1.807, 2.05) is 16.7 Å². The Morgan fingerprint density at radius 3 is 2.62 bits per heavy atom. The normalized spacial score (nSPS) is 11.0. The van der Waals surface area contributed by atoms with Gasteiger partial charge in [-0.25, -0.2) is 9.97 Å². The smallest absolute Gasteiger partial charge is 0.235 e. The Kier molecular flexibility index (Phi) is 3.60. The van der Waals surface area contributed by atoms with Gasteiger partial charge in [0, 0.05) is 18.1 Å². The van der Waals surface area contributed by atoms with Crippen molar-refractivity contribution in [2.75, 3.05) is 5.32 Å². The highest BCUT2D eigenvalue weighted by Crippen LogP contribution is 2.27. The molecule has 0 unspecified atom stereocenters. The number of imidazole rings is 1. The van der Waals surface area contributed by atoms with Crippen molar-refractivity contribution in [2.45, 2.75) is 33.6 Å². The van der Waals surface area contributed by atoms with Crippen LogP contribution in [0.25, 0.3) is 5.78 Å². The van der Waals surface area contributed by atoms with Crippen LogP contribution < -0.4 is 5.32 Å². The summed E-state index contributed by atoms with van der Waals surface area (Å²) in [7, 11) is 0. The summed E-state index contributed by atoms with van der Waals surface area (Å²) in [5, 5.41) is 3.58. The summed E-state index contributed by atoms with van der Waals surface area (Å²) in [5.74, 6) is 1.77. The number of hydrogen-bond acceptors (Lipinski definition) is 3. The molecular formula is C17H20N4. The first-order valence-electron chi connectivity index (χ1n) is 7.36. The largest absolute Gasteiger partial charge is 0.339 e. The van der Waals surface area contributed by atoms with Crippen LogP contribution in [0, 0.1) is 13.8 Å². The standard InChI is InChI=1S/C17H20N4/c1-4-7-14-16(21-11-6-10-18-17(21)19-14)20-15-12(2)8-5-9-13(15)3/h5-6,8-11,20H,4,7H2,1-3H3. The van der Waals surface area contributed by atoms with Crippen LogP contribution in [0.15, 0.2) is 36.7 Å². The van der Waals surface area contributed by atoms with Gasteiger partial charge in [-0.2, -0.15) is 0 Å². The van der Waals surface area contributed by atoms with E-state index in [1.54, 1.807) is 6.20 Å². The second-order valence-electron chi connectivity index (χ2n) is 5.34. The molecule has 0 atom stereocenters. The molecule has 0 saturated carbocycles. The molecule has 0 spiro atoms. The molecule has 1 N–H and O–H groups in total. The summed E-state index contributed by atoms with van der Waals surface area (Å²) < 4.78 is 2.02. The fourth-order valence-corrected chi connectivity index (χ4v) is 2.61. The number of rotatable bonds is 4. The van der Waals surface area contributed by atoms with Crippen LogP contribution in [0.3, 0.4) is 0 Å². The maximum Gasteiger partial charge on any atom is 0.235 e. The molecule has 3 rings (SSSR count). The van der Waals surface area contributed by atoms with E-state index in [2.05, 4.69) is 54.3 Å². The van der Waals surface area contributed by atoms with Crippen molar-refractivity contribution in [3.63, 3.8) is 0 Å². The summed E-state index contributed by atoms with van der Waals surface area (Å²) in [5.41, 5.74) is 4.69. The molecule has 0 aliphatic heterocycles. The van der Waals surface area contributed by atoms with Crippen LogP contribution in [-0.2, 0) is 6.42 Å². The predicted octanol–water partition coefficient (Wildman–Crippen LogP) is 4.04. The van der Waals surface area contributed by atoms with Crippen molar-refractivity contribution in [3.8, 4) is 0 Å². The van der Waals surface area contributed by atoms with Crippen LogP contribution >= 0.6 is 0 Å². The topological polar surface area (TPSA) is 42.2 Å². The minimum Gasteiger partial charge on any atom is -0.339 e. The van der Waals surface area contributed by atoms with E-state index in [9.17, 15) is 0 Å². The van der Waals surface area contributed by atoms with E-state index < -0.39 is 0 Å². The summed E-state index contributed by atoms with van der Waals surface area (Å²) in [4.78, 5) is 8.99. The molecule has 3 aromatic rings. The average Bonchev–Trinajstić information content (AvgIpc) is 2.81. The molecule has 0 saturated heterocycles. The first-order chi connectivity index (χ1) is 10.2.